The number of nitrogens with zero attached hydrogens (tertiary/aromatic N) is 3. The normalized spacial score (nSPS) is 10.7. The monoisotopic (exact) mass is 234 g/mol. The highest BCUT2D eigenvalue weighted by molar-refractivity contribution is 5.50. The lowest BCUT2D eigenvalue weighted by molar-refractivity contribution is 0.500. The zero-order chi connectivity index (χ0) is 12.3. The lowest BCUT2D eigenvalue weighted by Crippen LogP contribution is -2.14. The van der Waals surface area contributed by atoms with Gasteiger partial charge in [0.25, 0.3) is 5.56 Å². The van der Waals surface area contributed by atoms with Crippen molar-refractivity contribution in [3.63, 3.8) is 0 Å². The first kappa shape index (κ1) is 11.5. The van der Waals surface area contributed by atoms with Crippen LogP contribution in [0.5, 0.6) is 0 Å². The molecule has 2 aromatic heterocycles. The molecule has 0 fully saturated rings. The zero-order valence-electron chi connectivity index (χ0n) is 9.80. The second kappa shape index (κ2) is 4.92. The SMILES string of the molecule is CNCCc1nnc(-c2ccn(C)c(=O)c2)o1. The number of hydrogen-bond acceptors (Lipinski definition) is 5. The Balaban J connectivity index is 2.24. The van der Waals surface area contributed by atoms with Crippen molar-refractivity contribution in [3.8, 4) is 11.5 Å². The number of likely N-dealkylation sites (N-methyl/N-ethyl adjacent to an activating group) is 1. The Hall–Kier alpha value is -1.95. The summed E-state index contributed by atoms with van der Waals surface area (Å²) in [7, 11) is 3.55. The van der Waals surface area contributed by atoms with Crippen LogP contribution in [0, 0.1) is 0 Å². The zero-order valence-corrected chi connectivity index (χ0v) is 9.80. The predicted octanol–water partition coefficient (Wildman–Crippen LogP) is 0.197. The van der Waals surface area contributed by atoms with Crippen LogP contribution in [0.1, 0.15) is 5.89 Å². The molecule has 90 valence electrons. The van der Waals surface area contributed by atoms with Crippen molar-refractivity contribution in [1.82, 2.24) is 20.1 Å². The molecule has 2 aromatic rings. The van der Waals surface area contributed by atoms with Gasteiger partial charge in [-0.2, -0.15) is 0 Å². The summed E-state index contributed by atoms with van der Waals surface area (Å²) in [5, 5.41) is 10.8. The van der Waals surface area contributed by atoms with Crippen molar-refractivity contribution in [2.24, 2.45) is 7.05 Å². The maximum Gasteiger partial charge on any atom is 0.251 e. The molecular formula is C11H14N4O2. The number of rotatable bonds is 4. The summed E-state index contributed by atoms with van der Waals surface area (Å²) in [5.41, 5.74) is 0.550. The highest BCUT2D eigenvalue weighted by atomic mass is 16.4. The standard InChI is InChI=1S/C11H14N4O2/c1-12-5-3-9-13-14-11(17-9)8-4-6-15(2)10(16)7-8/h4,6-7,12H,3,5H2,1-2H3. The topological polar surface area (TPSA) is 73.0 Å². The number of nitrogens with one attached hydrogen (secondary N) is 1. The maximum absolute atomic E-state index is 11.5. The van der Waals surface area contributed by atoms with E-state index in [-0.39, 0.29) is 5.56 Å². The van der Waals surface area contributed by atoms with Crippen LogP contribution in [-0.4, -0.2) is 28.4 Å². The number of pyridine rings is 1. The van der Waals surface area contributed by atoms with Crippen molar-refractivity contribution in [1.29, 1.82) is 0 Å². The van der Waals surface area contributed by atoms with Gasteiger partial charge in [-0.3, -0.25) is 4.79 Å². The quantitative estimate of drug-likeness (QED) is 0.818. The molecule has 0 aliphatic rings. The Bertz CT molecular complexity index is 559. The van der Waals surface area contributed by atoms with Gasteiger partial charge in [-0.1, -0.05) is 0 Å². The summed E-state index contributed by atoms with van der Waals surface area (Å²) in [4.78, 5) is 11.5. The highest BCUT2D eigenvalue weighted by Gasteiger charge is 2.08. The fourth-order valence-electron chi connectivity index (χ4n) is 1.38. The van der Waals surface area contributed by atoms with Crippen LogP contribution < -0.4 is 10.9 Å². The van der Waals surface area contributed by atoms with Crippen molar-refractivity contribution in [3.05, 3.63) is 34.6 Å². The summed E-state index contributed by atoms with van der Waals surface area (Å²) in [6, 6.07) is 3.26. The summed E-state index contributed by atoms with van der Waals surface area (Å²) in [6.45, 7) is 0.776. The van der Waals surface area contributed by atoms with Gasteiger partial charge in [0.1, 0.15) is 0 Å². The van der Waals surface area contributed by atoms with Gasteiger partial charge in [-0.05, 0) is 13.1 Å². The van der Waals surface area contributed by atoms with E-state index < -0.39 is 0 Å². The van der Waals surface area contributed by atoms with Gasteiger partial charge in [-0.25, -0.2) is 0 Å². The summed E-state index contributed by atoms with van der Waals surface area (Å²) in [5.74, 6) is 0.948. The van der Waals surface area contributed by atoms with Gasteiger partial charge in [0, 0.05) is 37.8 Å². The molecule has 0 spiro atoms. The van der Waals surface area contributed by atoms with Gasteiger partial charge >= 0.3 is 0 Å². The van der Waals surface area contributed by atoms with Crippen molar-refractivity contribution >= 4 is 0 Å². The molecule has 0 radical (unpaired) electrons. The van der Waals surface area contributed by atoms with Gasteiger partial charge in [-0.15, -0.1) is 10.2 Å². The maximum atomic E-state index is 11.5. The minimum atomic E-state index is -0.0996. The van der Waals surface area contributed by atoms with Crippen LogP contribution in [0.15, 0.2) is 27.5 Å². The molecule has 0 aliphatic carbocycles. The average molecular weight is 234 g/mol. The summed E-state index contributed by atoms with van der Waals surface area (Å²) < 4.78 is 6.94. The third-order valence-corrected chi connectivity index (χ3v) is 2.41. The highest BCUT2D eigenvalue weighted by Crippen LogP contribution is 2.15. The number of hydrogen-bond donors (Lipinski definition) is 1. The Labute approximate surface area is 98.3 Å². The van der Waals surface area contributed by atoms with Crippen LogP contribution in [0.3, 0.4) is 0 Å². The van der Waals surface area contributed by atoms with Gasteiger partial charge in [0.2, 0.25) is 11.8 Å². The Kier molecular flexibility index (Phi) is 3.34. The number of aryl methyl sites for hydroxylation is 1. The fraction of sp³-hybridized carbons (Fsp3) is 0.364. The molecule has 2 rings (SSSR count). The van der Waals surface area contributed by atoms with E-state index >= 15 is 0 Å². The average Bonchev–Trinajstić information content (AvgIpc) is 2.79. The third kappa shape index (κ3) is 2.59. The molecule has 1 N–H and O–H groups in total. The van der Waals surface area contributed by atoms with Crippen molar-refractivity contribution < 1.29 is 4.42 Å². The molecule has 0 aromatic carbocycles. The van der Waals surface area contributed by atoms with Gasteiger partial charge in [0.15, 0.2) is 0 Å². The van der Waals surface area contributed by atoms with E-state index in [1.165, 1.54) is 10.6 Å². The Morgan fingerprint density at radius 1 is 1.47 bits per heavy atom. The van der Waals surface area contributed by atoms with E-state index in [1.807, 2.05) is 7.05 Å². The van der Waals surface area contributed by atoms with E-state index in [1.54, 1.807) is 19.3 Å². The van der Waals surface area contributed by atoms with Crippen LogP contribution in [0.4, 0.5) is 0 Å². The van der Waals surface area contributed by atoms with Crippen LogP contribution >= 0.6 is 0 Å². The third-order valence-electron chi connectivity index (χ3n) is 2.41. The summed E-state index contributed by atoms with van der Waals surface area (Å²) >= 11 is 0. The van der Waals surface area contributed by atoms with E-state index in [0.717, 1.165) is 6.54 Å². The van der Waals surface area contributed by atoms with Gasteiger partial charge < -0.3 is 14.3 Å². The Morgan fingerprint density at radius 2 is 2.29 bits per heavy atom. The molecule has 0 atom stereocenters. The minimum absolute atomic E-state index is 0.0996. The molecule has 6 nitrogen and oxygen atoms in total. The van der Waals surface area contributed by atoms with Crippen LogP contribution in [-0.2, 0) is 13.5 Å². The first-order valence-electron chi connectivity index (χ1n) is 5.35. The Morgan fingerprint density at radius 3 is 3.00 bits per heavy atom. The molecule has 17 heavy (non-hydrogen) atoms. The summed E-state index contributed by atoms with van der Waals surface area (Å²) in [6.07, 6.45) is 2.35. The molecule has 2 heterocycles. The molecule has 6 heteroatoms. The fourth-order valence-corrected chi connectivity index (χ4v) is 1.38. The van der Waals surface area contributed by atoms with Crippen LogP contribution in [0.2, 0.25) is 0 Å². The second-order valence-corrected chi connectivity index (χ2v) is 3.72. The van der Waals surface area contributed by atoms with Gasteiger partial charge in [0.05, 0.1) is 0 Å². The molecule has 0 bridgehead atoms. The lowest BCUT2D eigenvalue weighted by Gasteiger charge is -1.97. The molecular weight excluding hydrogens is 220 g/mol. The van der Waals surface area contributed by atoms with E-state index in [4.69, 9.17) is 4.42 Å². The first-order valence-corrected chi connectivity index (χ1v) is 5.35. The smallest absolute Gasteiger partial charge is 0.251 e. The molecule has 0 saturated carbocycles. The second-order valence-electron chi connectivity index (χ2n) is 3.72. The van der Waals surface area contributed by atoms with E-state index in [9.17, 15) is 4.79 Å². The molecule has 0 amide bonds. The molecule has 0 aliphatic heterocycles. The van der Waals surface area contributed by atoms with Crippen LogP contribution in [0.25, 0.3) is 11.5 Å². The predicted molar refractivity (Wildman–Crippen MR) is 62.6 cm³/mol. The van der Waals surface area contributed by atoms with E-state index in [0.29, 0.717) is 23.8 Å². The first-order chi connectivity index (χ1) is 8.20. The minimum Gasteiger partial charge on any atom is -0.421 e. The van der Waals surface area contributed by atoms with E-state index in [2.05, 4.69) is 15.5 Å². The van der Waals surface area contributed by atoms with Crippen molar-refractivity contribution in [2.45, 2.75) is 6.42 Å². The number of aromatic nitrogens is 3. The molecule has 0 saturated heterocycles. The molecule has 0 unspecified atom stereocenters. The lowest BCUT2D eigenvalue weighted by atomic mass is 10.3. The largest absolute Gasteiger partial charge is 0.421 e. The van der Waals surface area contributed by atoms with Crippen molar-refractivity contribution in [2.75, 3.05) is 13.6 Å².